The fourth-order valence-electron chi connectivity index (χ4n) is 3.99. The lowest BCUT2D eigenvalue weighted by molar-refractivity contribution is 0.152. The van der Waals surface area contributed by atoms with Gasteiger partial charge in [-0.3, -0.25) is 0 Å². The third-order valence-electron chi connectivity index (χ3n) is 4.46. The lowest BCUT2D eigenvalue weighted by Crippen LogP contribution is -2.45. The highest BCUT2D eigenvalue weighted by atomic mass is 14.9. The molecule has 14 heavy (non-hydrogen) atoms. The van der Waals surface area contributed by atoms with E-state index in [9.17, 15) is 0 Å². The van der Waals surface area contributed by atoms with E-state index >= 15 is 0 Å². The van der Waals surface area contributed by atoms with E-state index in [4.69, 9.17) is 0 Å². The first kappa shape index (κ1) is 10.5. The molecule has 0 amide bonds. The van der Waals surface area contributed by atoms with E-state index in [1.807, 2.05) is 0 Å². The van der Waals surface area contributed by atoms with Crippen LogP contribution in [0.1, 0.15) is 46.5 Å². The van der Waals surface area contributed by atoms with Gasteiger partial charge < -0.3 is 5.32 Å². The summed E-state index contributed by atoms with van der Waals surface area (Å²) in [5.41, 5.74) is 0.421. The molecule has 2 aliphatic carbocycles. The highest BCUT2D eigenvalue weighted by Gasteiger charge is 2.45. The first-order chi connectivity index (χ1) is 6.52. The molecular weight excluding hydrogens is 170 g/mol. The van der Waals surface area contributed by atoms with Crippen molar-refractivity contribution in [2.75, 3.05) is 7.05 Å². The Hall–Kier alpha value is -0.0400. The summed E-state index contributed by atoms with van der Waals surface area (Å²) < 4.78 is 0. The molecule has 2 saturated carbocycles. The molecule has 0 aliphatic heterocycles. The first-order valence-electron chi connectivity index (χ1n) is 6.19. The molecular formula is C13H25N. The van der Waals surface area contributed by atoms with Gasteiger partial charge in [0.05, 0.1) is 0 Å². The second-order valence-electron chi connectivity index (χ2n) is 6.47. The largest absolute Gasteiger partial charge is 0.316 e. The molecule has 1 heteroatoms. The molecule has 4 unspecified atom stereocenters. The summed E-state index contributed by atoms with van der Waals surface area (Å²) in [4.78, 5) is 0. The Labute approximate surface area is 88.7 Å². The predicted octanol–water partition coefficient (Wildman–Crippen LogP) is 3.06. The number of hydrogen-bond acceptors (Lipinski definition) is 1. The van der Waals surface area contributed by atoms with Crippen molar-refractivity contribution in [3.63, 3.8) is 0 Å². The van der Waals surface area contributed by atoms with E-state index in [0.29, 0.717) is 5.41 Å². The lowest BCUT2D eigenvalue weighted by Gasteiger charge is -2.39. The first-order valence-corrected chi connectivity index (χ1v) is 6.19. The monoisotopic (exact) mass is 195 g/mol. The summed E-state index contributed by atoms with van der Waals surface area (Å²) in [6, 6.07) is 0.720. The Morgan fingerprint density at radius 2 is 1.86 bits per heavy atom. The van der Waals surface area contributed by atoms with Crippen molar-refractivity contribution in [2.45, 2.75) is 52.5 Å². The van der Waals surface area contributed by atoms with Crippen LogP contribution in [-0.4, -0.2) is 13.1 Å². The van der Waals surface area contributed by atoms with E-state index in [-0.39, 0.29) is 0 Å². The van der Waals surface area contributed by atoms with E-state index in [2.05, 4.69) is 33.1 Å². The van der Waals surface area contributed by atoms with E-state index in [0.717, 1.165) is 23.8 Å². The van der Waals surface area contributed by atoms with E-state index in [1.165, 1.54) is 25.7 Å². The fraction of sp³-hybridized carbons (Fsp3) is 1.00. The van der Waals surface area contributed by atoms with Crippen molar-refractivity contribution in [1.82, 2.24) is 5.32 Å². The molecule has 82 valence electrons. The minimum absolute atomic E-state index is 0.421. The zero-order chi connectivity index (χ0) is 10.3. The molecule has 2 fully saturated rings. The average Bonchev–Trinajstić information content (AvgIpc) is 2.63. The summed E-state index contributed by atoms with van der Waals surface area (Å²) in [5.74, 6) is 3.07. The van der Waals surface area contributed by atoms with Gasteiger partial charge in [0.1, 0.15) is 0 Å². The highest BCUT2D eigenvalue weighted by Crippen LogP contribution is 2.51. The molecule has 0 aromatic heterocycles. The van der Waals surface area contributed by atoms with Crippen LogP contribution < -0.4 is 5.32 Å². The van der Waals surface area contributed by atoms with Crippen molar-refractivity contribution >= 4 is 0 Å². The van der Waals surface area contributed by atoms with Gasteiger partial charge in [0.15, 0.2) is 0 Å². The van der Waals surface area contributed by atoms with Crippen LogP contribution in [0.4, 0.5) is 0 Å². The Bertz CT molecular complexity index is 204. The smallest absolute Gasteiger partial charge is 0.0144 e. The second kappa shape index (κ2) is 3.52. The molecule has 0 heterocycles. The molecule has 0 aromatic carbocycles. The average molecular weight is 195 g/mol. The van der Waals surface area contributed by atoms with Crippen molar-refractivity contribution in [3.05, 3.63) is 0 Å². The lowest BCUT2D eigenvalue weighted by atomic mass is 9.72. The maximum Gasteiger partial charge on any atom is 0.0144 e. The predicted molar refractivity (Wildman–Crippen MR) is 61.2 cm³/mol. The Morgan fingerprint density at radius 1 is 1.14 bits per heavy atom. The number of rotatable bonds is 2. The quantitative estimate of drug-likeness (QED) is 0.714. The molecule has 2 aliphatic rings. The minimum Gasteiger partial charge on any atom is -0.316 e. The third kappa shape index (κ3) is 1.71. The highest BCUT2D eigenvalue weighted by molar-refractivity contribution is 4.98. The van der Waals surface area contributed by atoms with Crippen molar-refractivity contribution in [2.24, 2.45) is 23.2 Å². The molecule has 0 spiro atoms. The molecule has 2 rings (SSSR count). The molecule has 1 nitrogen and oxygen atoms in total. The summed E-state index contributed by atoms with van der Waals surface area (Å²) in [5, 5.41) is 3.57. The van der Waals surface area contributed by atoms with Crippen LogP contribution in [0, 0.1) is 23.2 Å². The van der Waals surface area contributed by atoms with Gasteiger partial charge in [-0.05, 0) is 49.5 Å². The van der Waals surface area contributed by atoms with Gasteiger partial charge in [-0.1, -0.05) is 27.2 Å². The molecule has 0 saturated heterocycles. The summed E-state index contributed by atoms with van der Waals surface area (Å²) in [6.07, 6.45) is 6.04. The van der Waals surface area contributed by atoms with Gasteiger partial charge in [0, 0.05) is 6.04 Å². The molecule has 0 aromatic rings. The Kier molecular flexibility index (Phi) is 2.63. The van der Waals surface area contributed by atoms with Gasteiger partial charge >= 0.3 is 0 Å². The Balaban J connectivity index is 2.06. The van der Waals surface area contributed by atoms with Crippen LogP contribution >= 0.6 is 0 Å². The normalized spacial score (nSPS) is 39.0. The van der Waals surface area contributed by atoms with Gasteiger partial charge in [-0.2, -0.15) is 0 Å². The summed E-state index contributed by atoms with van der Waals surface area (Å²) >= 11 is 0. The number of hydrogen-bond donors (Lipinski definition) is 1. The number of fused-ring (bicyclic) bond motifs is 2. The van der Waals surface area contributed by atoms with E-state index in [1.54, 1.807) is 0 Å². The van der Waals surface area contributed by atoms with Gasteiger partial charge in [0.2, 0.25) is 0 Å². The molecule has 4 atom stereocenters. The standard InChI is InChI=1S/C13H25N/c1-13(2,3)12(14-4)11-8-9-5-6-10(11)7-9/h9-12,14H,5-8H2,1-4H3. The van der Waals surface area contributed by atoms with Gasteiger partial charge in [-0.25, -0.2) is 0 Å². The zero-order valence-electron chi connectivity index (χ0n) is 10.1. The Morgan fingerprint density at radius 3 is 2.21 bits per heavy atom. The van der Waals surface area contributed by atoms with Crippen molar-refractivity contribution in [1.29, 1.82) is 0 Å². The van der Waals surface area contributed by atoms with Crippen LogP contribution in [0.2, 0.25) is 0 Å². The van der Waals surface area contributed by atoms with Gasteiger partial charge in [0.25, 0.3) is 0 Å². The summed E-state index contributed by atoms with van der Waals surface area (Å²) in [7, 11) is 2.14. The van der Waals surface area contributed by atoms with Crippen LogP contribution in [0.5, 0.6) is 0 Å². The topological polar surface area (TPSA) is 12.0 Å². The van der Waals surface area contributed by atoms with Crippen LogP contribution in [0.3, 0.4) is 0 Å². The summed E-state index contributed by atoms with van der Waals surface area (Å²) in [6.45, 7) is 7.13. The molecule has 0 radical (unpaired) electrons. The van der Waals surface area contributed by atoms with Crippen LogP contribution in [0.15, 0.2) is 0 Å². The van der Waals surface area contributed by atoms with Crippen molar-refractivity contribution in [3.8, 4) is 0 Å². The zero-order valence-corrected chi connectivity index (χ0v) is 10.1. The van der Waals surface area contributed by atoms with Crippen molar-refractivity contribution < 1.29 is 0 Å². The third-order valence-corrected chi connectivity index (χ3v) is 4.46. The maximum atomic E-state index is 3.57. The fourth-order valence-corrected chi connectivity index (χ4v) is 3.99. The molecule has 2 bridgehead atoms. The second-order valence-corrected chi connectivity index (χ2v) is 6.47. The van der Waals surface area contributed by atoms with Crippen LogP contribution in [-0.2, 0) is 0 Å². The van der Waals surface area contributed by atoms with Crippen LogP contribution in [0.25, 0.3) is 0 Å². The number of nitrogens with one attached hydrogen (secondary N) is 1. The molecule has 1 N–H and O–H groups in total. The van der Waals surface area contributed by atoms with E-state index < -0.39 is 0 Å². The van der Waals surface area contributed by atoms with Gasteiger partial charge in [-0.15, -0.1) is 0 Å². The maximum absolute atomic E-state index is 3.57. The SMILES string of the molecule is CNC(C1CC2CCC1C2)C(C)(C)C. The minimum atomic E-state index is 0.421.